The van der Waals surface area contributed by atoms with E-state index < -0.39 is 23.6 Å². The standard InChI is InChI=1S/C33H33ClF2N8O3/c34-23-9-24-21(13-39-42-24)25-20(23)5-4-19-11-38-31(47-19)29(45)17-3-1-7-43(14-17)30-22-12-37-28(25)26(36)27(22)40-32(41-30)46-16-33-6-2-8-44(33)15-18(35)10-33/h9,11-13,17-18,29,45H,1-8,10,14-16H2,(H,39,42)/t17-,18-,29+,33+/m1/s1. The van der Waals surface area contributed by atoms with Gasteiger partial charge < -0.3 is 19.2 Å². The van der Waals surface area contributed by atoms with Crippen molar-refractivity contribution < 1.29 is 23.0 Å². The zero-order valence-electron chi connectivity index (χ0n) is 25.6. The maximum Gasteiger partial charge on any atom is 0.319 e. The molecule has 0 radical (unpaired) electrons. The molecular weight excluding hydrogens is 630 g/mol. The van der Waals surface area contributed by atoms with Gasteiger partial charge in [-0.3, -0.25) is 15.0 Å². The minimum Gasteiger partial charge on any atom is -0.461 e. The second-order valence-corrected chi connectivity index (χ2v) is 13.8. The fraction of sp³-hybridized carbons (Fsp3) is 0.485. The number of anilines is 1. The molecule has 0 spiro atoms. The molecule has 5 aromatic rings. The number of nitrogens with one attached hydrogen (secondary N) is 1. The molecule has 4 atom stereocenters. The summed E-state index contributed by atoms with van der Waals surface area (Å²) in [6.45, 7) is 2.49. The molecule has 244 valence electrons. The second-order valence-electron chi connectivity index (χ2n) is 13.4. The maximum absolute atomic E-state index is 17.1. The molecule has 5 aliphatic rings. The first kappa shape index (κ1) is 29.2. The number of oxazole rings is 1. The highest BCUT2D eigenvalue weighted by molar-refractivity contribution is 6.33. The molecule has 9 heterocycles. The van der Waals surface area contributed by atoms with Gasteiger partial charge in [-0.05, 0) is 50.3 Å². The fourth-order valence-electron chi connectivity index (χ4n) is 8.25. The van der Waals surface area contributed by atoms with Crippen LogP contribution in [0.15, 0.2) is 29.1 Å². The minimum atomic E-state index is -0.936. The highest BCUT2D eigenvalue weighted by atomic mass is 35.5. The van der Waals surface area contributed by atoms with E-state index in [1.807, 2.05) is 4.90 Å². The Bertz CT molecular complexity index is 2020. The van der Waals surface area contributed by atoms with Crippen molar-refractivity contribution in [1.29, 1.82) is 0 Å². The molecule has 4 aromatic heterocycles. The van der Waals surface area contributed by atoms with Crippen LogP contribution in [0.3, 0.4) is 0 Å². The Morgan fingerprint density at radius 2 is 2.02 bits per heavy atom. The van der Waals surface area contributed by atoms with E-state index in [1.165, 1.54) is 0 Å². The van der Waals surface area contributed by atoms with E-state index in [2.05, 4.69) is 30.0 Å². The number of aliphatic hydroxyl groups excluding tert-OH is 1. The van der Waals surface area contributed by atoms with Crippen LogP contribution in [0, 0.1) is 11.7 Å². The zero-order valence-corrected chi connectivity index (χ0v) is 26.3. The smallest absolute Gasteiger partial charge is 0.319 e. The predicted octanol–water partition coefficient (Wildman–Crippen LogP) is 5.35. The second kappa shape index (κ2) is 11.1. The molecule has 47 heavy (non-hydrogen) atoms. The summed E-state index contributed by atoms with van der Waals surface area (Å²) in [5, 5.41) is 20.1. The predicted molar refractivity (Wildman–Crippen MR) is 170 cm³/mol. The molecule has 0 amide bonds. The number of hydrogen-bond acceptors (Lipinski definition) is 10. The molecule has 11 nitrogen and oxygen atoms in total. The Morgan fingerprint density at radius 3 is 2.94 bits per heavy atom. The number of nitrogens with zero attached hydrogens (tertiary/aromatic N) is 7. The van der Waals surface area contributed by atoms with E-state index in [0.29, 0.717) is 82.9 Å². The molecule has 0 unspecified atom stereocenters. The third-order valence-corrected chi connectivity index (χ3v) is 10.9. The van der Waals surface area contributed by atoms with Gasteiger partial charge in [-0.15, -0.1) is 0 Å². The molecule has 3 saturated heterocycles. The number of benzene rings is 1. The average molecular weight is 663 g/mol. The van der Waals surface area contributed by atoms with Gasteiger partial charge >= 0.3 is 6.01 Å². The van der Waals surface area contributed by atoms with E-state index in [4.69, 9.17) is 25.7 Å². The molecule has 1 aromatic carbocycles. The lowest BCUT2D eigenvalue weighted by Crippen LogP contribution is -2.43. The van der Waals surface area contributed by atoms with Crippen LogP contribution in [0.2, 0.25) is 5.02 Å². The van der Waals surface area contributed by atoms with Gasteiger partial charge in [0.25, 0.3) is 0 Å². The van der Waals surface area contributed by atoms with Gasteiger partial charge in [0.2, 0.25) is 5.89 Å². The number of rotatable bonds is 3. The quantitative estimate of drug-likeness (QED) is 0.261. The van der Waals surface area contributed by atoms with Gasteiger partial charge in [-0.1, -0.05) is 11.6 Å². The summed E-state index contributed by atoms with van der Waals surface area (Å²) in [4.78, 5) is 22.8. The summed E-state index contributed by atoms with van der Waals surface area (Å²) in [5.41, 5.74) is 1.55. The lowest BCUT2D eigenvalue weighted by molar-refractivity contribution is 0.0710. The largest absolute Gasteiger partial charge is 0.461 e. The van der Waals surface area contributed by atoms with E-state index in [9.17, 15) is 9.50 Å². The number of alkyl halides is 1. The summed E-state index contributed by atoms with van der Waals surface area (Å²) in [7, 11) is 0. The van der Waals surface area contributed by atoms with Crippen LogP contribution in [0.25, 0.3) is 33.1 Å². The summed E-state index contributed by atoms with van der Waals surface area (Å²) in [5.74, 6) is 0.496. The molecule has 5 aliphatic heterocycles. The molecular formula is C33H33ClF2N8O3. The Kier molecular flexibility index (Phi) is 6.88. The molecule has 3 fully saturated rings. The molecule has 14 heteroatoms. The van der Waals surface area contributed by atoms with Gasteiger partial charge in [0.1, 0.15) is 41.7 Å². The average Bonchev–Trinajstić information content (AvgIpc) is 3.87. The van der Waals surface area contributed by atoms with Gasteiger partial charge in [-0.25, -0.2) is 13.8 Å². The monoisotopic (exact) mass is 662 g/mol. The van der Waals surface area contributed by atoms with Gasteiger partial charge in [0, 0.05) is 60.6 Å². The number of H-pyrrole nitrogens is 1. The van der Waals surface area contributed by atoms with Crippen molar-refractivity contribution in [1.82, 2.24) is 35.0 Å². The third-order valence-electron chi connectivity index (χ3n) is 10.6. The first-order valence-electron chi connectivity index (χ1n) is 16.3. The number of fused-ring (bicyclic) bond motifs is 4. The number of halogens is 3. The van der Waals surface area contributed by atoms with E-state index in [1.54, 1.807) is 24.7 Å². The number of aliphatic hydroxyl groups is 1. The van der Waals surface area contributed by atoms with Crippen LogP contribution < -0.4 is 9.64 Å². The topological polar surface area (TPSA) is 129 Å². The first-order chi connectivity index (χ1) is 22.9. The number of ether oxygens (including phenoxy) is 1. The minimum absolute atomic E-state index is 0.0213. The normalized spacial score (nSPS) is 26.0. The summed E-state index contributed by atoms with van der Waals surface area (Å²) < 4.78 is 43.9. The zero-order chi connectivity index (χ0) is 31.9. The first-order valence-corrected chi connectivity index (χ1v) is 16.7. The fourth-order valence-corrected chi connectivity index (χ4v) is 8.55. The van der Waals surface area contributed by atoms with Crippen LogP contribution in [-0.2, 0) is 12.8 Å². The van der Waals surface area contributed by atoms with Crippen molar-refractivity contribution in [3.8, 4) is 17.3 Å². The van der Waals surface area contributed by atoms with Crippen molar-refractivity contribution in [2.24, 2.45) is 5.92 Å². The third kappa shape index (κ3) is 4.76. The van der Waals surface area contributed by atoms with Crippen LogP contribution in [0.1, 0.15) is 55.4 Å². The number of hydrogen-bond donors (Lipinski definition) is 2. The maximum atomic E-state index is 17.1. The van der Waals surface area contributed by atoms with Crippen molar-refractivity contribution in [3.05, 3.63) is 52.7 Å². The van der Waals surface area contributed by atoms with Crippen LogP contribution in [0.5, 0.6) is 6.01 Å². The number of pyridine rings is 1. The SMILES string of the molecule is O[C@@H]1c2ncc(o2)CCc2c(Cl)cc3[nH]ncc3c2-c2ncc3c(nc(OC[C@@]45CCCN4C[C@H](F)C5)nc3c2F)N2CCC[C@@H]1C2. The van der Waals surface area contributed by atoms with Crippen LogP contribution >= 0.6 is 11.6 Å². The van der Waals surface area contributed by atoms with Crippen molar-refractivity contribution >= 4 is 39.2 Å². The van der Waals surface area contributed by atoms with E-state index in [0.717, 1.165) is 32.2 Å². The molecule has 10 rings (SSSR count). The number of piperidine rings is 1. The lowest BCUT2D eigenvalue weighted by Gasteiger charge is -2.35. The van der Waals surface area contributed by atoms with Gasteiger partial charge in [0.15, 0.2) is 5.82 Å². The molecule has 2 N–H and O–H groups in total. The highest BCUT2D eigenvalue weighted by Crippen LogP contribution is 2.43. The Labute approximate surface area is 273 Å². The van der Waals surface area contributed by atoms with Crippen molar-refractivity contribution in [2.45, 2.75) is 62.8 Å². The van der Waals surface area contributed by atoms with E-state index >= 15 is 4.39 Å². The van der Waals surface area contributed by atoms with Crippen LogP contribution in [0.4, 0.5) is 14.6 Å². The Balaban J connectivity index is 1.23. The van der Waals surface area contributed by atoms with Crippen LogP contribution in [-0.4, -0.2) is 84.6 Å². The lowest BCUT2D eigenvalue weighted by atomic mass is 9.92. The molecule has 8 bridgehead atoms. The summed E-state index contributed by atoms with van der Waals surface area (Å²) >= 11 is 6.84. The van der Waals surface area contributed by atoms with Crippen molar-refractivity contribution in [2.75, 3.05) is 37.7 Å². The summed E-state index contributed by atoms with van der Waals surface area (Å²) in [6, 6.07) is 1.79. The number of aromatic nitrogens is 6. The highest BCUT2D eigenvalue weighted by Gasteiger charge is 2.49. The molecule has 0 aliphatic carbocycles. The number of aromatic amines is 1. The van der Waals surface area contributed by atoms with Gasteiger partial charge in [0.05, 0.1) is 28.8 Å². The Hall–Kier alpha value is -3.94. The van der Waals surface area contributed by atoms with Crippen molar-refractivity contribution in [3.63, 3.8) is 0 Å². The van der Waals surface area contributed by atoms with Gasteiger partial charge in [-0.2, -0.15) is 15.1 Å². The summed E-state index contributed by atoms with van der Waals surface area (Å²) in [6.07, 6.45) is 7.55. The van der Waals surface area contributed by atoms with E-state index in [-0.39, 0.29) is 35.6 Å². The molecule has 0 saturated carbocycles. The number of aryl methyl sites for hydroxylation is 1. The Morgan fingerprint density at radius 1 is 1.11 bits per heavy atom.